The first-order valence-corrected chi connectivity index (χ1v) is 10.9. The van der Waals surface area contributed by atoms with Gasteiger partial charge in [0.15, 0.2) is 11.5 Å². The van der Waals surface area contributed by atoms with E-state index in [9.17, 15) is 26.8 Å². The van der Waals surface area contributed by atoms with Crippen LogP contribution in [0.4, 0.5) is 14.5 Å². The third-order valence-corrected chi connectivity index (χ3v) is 5.89. The molecule has 8 nitrogen and oxygen atoms in total. The molecule has 0 fully saturated rings. The first-order chi connectivity index (χ1) is 14.7. The lowest BCUT2D eigenvalue weighted by atomic mass is 10.2. The molecule has 0 saturated heterocycles. The molecule has 2 aromatic rings. The number of rotatable bonds is 7. The van der Waals surface area contributed by atoms with Gasteiger partial charge in [0.25, 0.3) is 5.91 Å². The Morgan fingerprint density at radius 3 is 2.32 bits per heavy atom. The molecule has 0 atom stereocenters. The summed E-state index contributed by atoms with van der Waals surface area (Å²) in [6.07, 6.45) is 0. The van der Waals surface area contributed by atoms with Gasteiger partial charge in [-0.1, -0.05) is 0 Å². The Balaban J connectivity index is 1.66. The van der Waals surface area contributed by atoms with Gasteiger partial charge in [-0.25, -0.2) is 8.42 Å². The van der Waals surface area contributed by atoms with Crippen LogP contribution in [-0.4, -0.2) is 57.2 Å². The number of anilines is 1. The Bertz CT molecular complexity index is 1070. The van der Waals surface area contributed by atoms with Gasteiger partial charge in [0.2, 0.25) is 15.7 Å². The summed E-state index contributed by atoms with van der Waals surface area (Å²) in [6, 6.07) is 9.09. The van der Waals surface area contributed by atoms with Crippen molar-refractivity contribution in [3.63, 3.8) is 0 Å². The molecule has 2 aromatic carbocycles. The van der Waals surface area contributed by atoms with Gasteiger partial charge in [0, 0.05) is 23.9 Å². The molecule has 0 aliphatic carbocycles. The van der Waals surface area contributed by atoms with Gasteiger partial charge in [-0.2, -0.15) is 8.78 Å². The molecule has 1 aliphatic heterocycles. The Labute approximate surface area is 177 Å². The van der Waals surface area contributed by atoms with Crippen LogP contribution in [0.5, 0.6) is 11.5 Å². The van der Waals surface area contributed by atoms with E-state index in [1.54, 1.807) is 25.1 Å². The van der Waals surface area contributed by atoms with Crippen molar-refractivity contribution in [2.45, 2.75) is 17.6 Å². The summed E-state index contributed by atoms with van der Waals surface area (Å²) in [5.74, 6) is -3.46. The van der Waals surface area contributed by atoms with Gasteiger partial charge in [-0.15, -0.1) is 0 Å². The molecule has 0 radical (unpaired) electrons. The van der Waals surface area contributed by atoms with E-state index in [0.717, 1.165) is 24.3 Å². The number of carbonyl (C=O) groups excluding carboxylic acids is 2. The maximum atomic E-state index is 12.7. The number of ether oxygens (including phenoxy) is 2. The number of alkyl halides is 2. The fourth-order valence-corrected chi connectivity index (χ4v) is 3.62. The Kier molecular flexibility index (Phi) is 6.74. The molecular weight excluding hydrogens is 434 g/mol. The quantitative estimate of drug-likeness (QED) is 0.690. The smallest absolute Gasteiger partial charge is 0.341 e. The van der Waals surface area contributed by atoms with Crippen molar-refractivity contribution in [1.29, 1.82) is 0 Å². The van der Waals surface area contributed by atoms with Crippen molar-refractivity contribution in [2.24, 2.45) is 0 Å². The van der Waals surface area contributed by atoms with Crippen molar-refractivity contribution >= 4 is 27.3 Å². The Hall–Kier alpha value is -3.21. The summed E-state index contributed by atoms with van der Waals surface area (Å²) >= 11 is 0. The van der Waals surface area contributed by atoms with Crippen LogP contribution in [-0.2, 0) is 14.6 Å². The summed E-state index contributed by atoms with van der Waals surface area (Å²) < 4.78 is 59.1. The van der Waals surface area contributed by atoms with Gasteiger partial charge in [-0.05, 0) is 43.3 Å². The summed E-state index contributed by atoms with van der Waals surface area (Å²) in [4.78, 5) is 25.7. The molecule has 1 heterocycles. The number of amides is 2. The lowest BCUT2D eigenvalue weighted by Crippen LogP contribution is -2.37. The number of sulfone groups is 1. The second-order valence-corrected chi connectivity index (χ2v) is 8.47. The molecule has 0 spiro atoms. The van der Waals surface area contributed by atoms with Gasteiger partial charge < -0.3 is 19.7 Å². The minimum Gasteiger partial charge on any atom is -0.486 e. The normalized spacial score (nSPS) is 13.0. The average molecular weight is 454 g/mol. The molecule has 31 heavy (non-hydrogen) atoms. The SMILES string of the molecule is CCN(CC(=O)Nc1ccc2c(c1)OCCO2)C(=O)c1ccc(S(=O)(=O)C(F)F)cc1. The first-order valence-electron chi connectivity index (χ1n) is 9.33. The number of nitrogens with zero attached hydrogens (tertiary/aromatic N) is 1. The van der Waals surface area contributed by atoms with Crippen LogP contribution < -0.4 is 14.8 Å². The molecule has 1 N–H and O–H groups in total. The maximum Gasteiger partial charge on any atom is 0.341 e. The minimum atomic E-state index is -4.75. The van der Waals surface area contributed by atoms with Gasteiger partial charge in [0.1, 0.15) is 19.8 Å². The monoisotopic (exact) mass is 454 g/mol. The van der Waals surface area contributed by atoms with Crippen molar-refractivity contribution < 1.29 is 36.3 Å². The number of fused-ring (bicyclic) bond motifs is 1. The van der Waals surface area contributed by atoms with Crippen molar-refractivity contribution in [2.75, 3.05) is 31.6 Å². The molecule has 3 rings (SSSR count). The molecule has 0 saturated carbocycles. The van der Waals surface area contributed by atoms with Crippen LogP contribution in [0.25, 0.3) is 0 Å². The lowest BCUT2D eigenvalue weighted by molar-refractivity contribution is -0.116. The minimum absolute atomic E-state index is 0.0715. The predicted octanol–water partition coefficient (Wildman–Crippen LogP) is 2.55. The molecule has 0 bridgehead atoms. The third kappa shape index (κ3) is 5.10. The van der Waals surface area contributed by atoms with E-state index in [4.69, 9.17) is 9.47 Å². The summed E-state index contributed by atoms with van der Waals surface area (Å²) in [7, 11) is -4.75. The van der Waals surface area contributed by atoms with E-state index in [-0.39, 0.29) is 18.7 Å². The van der Waals surface area contributed by atoms with E-state index in [1.807, 2.05) is 0 Å². The lowest BCUT2D eigenvalue weighted by Gasteiger charge is -2.21. The zero-order chi connectivity index (χ0) is 22.6. The van der Waals surface area contributed by atoms with Crippen LogP contribution >= 0.6 is 0 Å². The molecule has 0 unspecified atom stereocenters. The van der Waals surface area contributed by atoms with Gasteiger partial charge in [0.05, 0.1) is 4.90 Å². The number of nitrogens with one attached hydrogen (secondary N) is 1. The second kappa shape index (κ2) is 9.29. The largest absolute Gasteiger partial charge is 0.486 e. The van der Waals surface area contributed by atoms with Crippen LogP contribution in [0.15, 0.2) is 47.4 Å². The van der Waals surface area contributed by atoms with Crippen LogP contribution in [0.2, 0.25) is 0 Å². The van der Waals surface area contributed by atoms with Crippen LogP contribution in [0.3, 0.4) is 0 Å². The van der Waals surface area contributed by atoms with E-state index in [0.29, 0.717) is 30.4 Å². The maximum absolute atomic E-state index is 12.7. The van der Waals surface area contributed by atoms with E-state index < -0.39 is 32.3 Å². The zero-order valence-corrected chi connectivity index (χ0v) is 17.3. The molecule has 2 amide bonds. The number of hydrogen-bond donors (Lipinski definition) is 1. The van der Waals surface area contributed by atoms with Crippen molar-refractivity contribution in [1.82, 2.24) is 4.90 Å². The molecule has 1 aliphatic rings. The topological polar surface area (TPSA) is 102 Å². The van der Waals surface area contributed by atoms with E-state index in [2.05, 4.69) is 5.32 Å². The highest BCUT2D eigenvalue weighted by Gasteiger charge is 2.27. The standard InChI is InChI=1S/C20H20F2N2O6S/c1-2-24(19(26)13-3-6-15(7-4-13)31(27,28)20(21)22)12-18(25)23-14-5-8-16-17(11-14)30-10-9-29-16/h3-8,11,20H,2,9-10,12H2,1H3,(H,23,25). The fourth-order valence-electron chi connectivity index (χ4n) is 2.89. The van der Waals surface area contributed by atoms with Crippen LogP contribution in [0, 0.1) is 0 Å². The number of likely N-dealkylation sites (N-methyl/N-ethyl adjacent to an activating group) is 1. The van der Waals surface area contributed by atoms with E-state index >= 15 is 0 Å². The molecular formula is C20H20F2N2O6S. The predicted molar refractivity (Wildman–Crippen MR) is 107 cm³/mol. The van der Waals surface area contributed by atoms with Crippen molar-refractivity contribution in [3.05, 3.63) is 48.0 Å². The highest BCUT2D eigenvalue weighted by molar-refractivity contribution is 7.91. The van der Waals surface area contributed by atoms with E-state index in [1.165, 1.54) is 4.90 Å². The fraction of sp³-hybridized carbons (Fsp3) is 0.300. The summed E-state index contributed by atoms with van der Waals surface area (Å²) in [5.41, 5.74) is 0.543. The Morgan fingerprint density at radius 1 is 1.06 bits per heavy atom. The van der Waals surface area contributed by atoms with Gasteiger partial charge in [-0.3, -0.25) is 9.59 Å². The van der Waals surface area contributed by atoms with Gasteiger partial charge >= 0.3 is 5.76 Å². The average Bonchev–Trinajstić information content (AvgIpc) is 2.77. The number of benzene rings is 2. The second-order valence-electron chi connectivity index (χ2n) is 6.56. The number of halogens is 2. The highest BCUT2D eigenvalue weighted by atomic mass is 32.2. The summed E-state index contributed by atoms with van der Waals surface area (Å²) in [5, 5.41) is 2.67. The Morgan fingerprint density at radius 2 is 1.71 bits per heavy atom. The third-order valence-electron chi connectivity index (χ3n) is 4.49. The highest BCUT2D eigenvalue weighted by Crippen LogP contribution is 2.32. The molecule has 166 valence electrons. The number of carbonyl (C=O) groups is 2. The number of hydrogen-bond acceptors (Lipinski definition) is 6. The summed E-state index contributed by atoms with van der Waals surface area (Å²) in [6.45, 7) is 2.46. The molecule has 0 aromatic heterocycles. The first kappa shape index (κ1) is 22.5. The van der Waals surface area contributed by atoms with Crippen molar-refractivity contribution in [3.8, 4) is 11.5 Å². The van der Waals surface area contributed by atoms with Crippen LogP contribution in [0.1, 0.15) is 17.3 Å². The zero-order valence-electron chi connectivity index (χ0n) is 16.5. The molecule has 11 heteroatoms.